The molecule has 0 aromatic heterocycles. The van der Waals surface area contributed by atoms with Crippen molar-refractivity contribution >= 4 is 23.2 Å². The molecule has 110 valence electrons. The third-order valence-corrected chi connectivity index (χ3v) is 5.36. The summed E-state index contributed by atoms with van der Waals surface area (Å²) in [6.07, 6.45) is 0.904. The Balaban J connectivity index is 1.91. The minimum absolute atomic E-state index is 0.212. The van der Waals surface area contributed by atoms with Gasteiger partial charge in [-0.1, -0.05) is 48.5 Å². The van der Waals surface area contributed by atoms with Crippen LogP contribution in [0.4, 0.5) is 0 Å². The normalized spacial score (nSPS) is 17.3. The van der Waals surface area contributed by atoms with Crippen LogP contribution in [0.3, 0.4) is 0 Å². The first-order chi connectivity index (χ1) is 10.3. The summed E-state index contributed by atoms with van der Waals surface area (Å²) in [7, 11) is 0. The number of hydrogen-bond acceptors (Lipinski definition) is 1. The summed E-state index contributed by atoms with van der Waals surface area (Å²) in [4.78, 5) is 0. The lowest BCUT2D eigenvalue weighted by atomic mass is 9.75. The molecule has 1 heterocycles. The second-order valence-corrected chi connectivity index (χ2v) is 6.20. The molecule has 0 saturated carbocycles. The molecule has 0 aliphatic carbocycles. The highest BCUT2D eigenvalue weighted by Crippen LogP contribution is 2.43. The highest BCUT2D eigenvalue weighted by molar-refractivity contribution is 6.22. The lowest BCUT2D eigenvalue weighted by Gasteiger charge is -2.32. The molecule has 0 spiro atoms. The lowest BCUT2D eigenvalue weighted by molar-refractivity contribution is 0.304. The van der Waals surface area contributed by atoms with E-state index in [0.717, 1.165) is 12.2 Å². The molecular formula is C18H18Cl2O. The fourth-order valence-electron chi connectivity index (χ4n) is 3.08. The Kier molecular flexibility index (Phi) is 4.42. The van der Waals surface area contributed by atoms with Crippen molar-refractivity contribution in [3.63, 3.8) is 0 Å². The predicted octanol–water partition coefficient (Wildman–Crippen LogP) is 4.97. The highest BCUT2D eigenvalue weighted by Gasteiger charge is 2.37. The summed E-state index contributed by atoms with van der Waals surface area (Å²) in [6, 6.07) is 18.6. The molecule has 0 radical (unpaired) electrons. The van der Waals surface area contributed by atoms with Crippen LogP contribution in [0.2, 0.25) is 0 Å². The predicted molar refractivity (Wildman–Crippen MR) is 88.9 cm³/mol. The van der Waals surface area contributed by atoms with Gasteiger partial charge in [0.2, 0.25) is 0 Å². The Morgan fingerprint density at radius 3 is 2.33 bits per heavy atom. The van der Waals surface area contributed by atoms with Crippen LogP contribution in [-0.4, -0.2) is 18.4 Å². The van der Waals surface area contributed by atoms with E-state index in [1.54, 1.807) is 0 Å². The van der Waals surface area contributed by atoms with Crippen molar-refractivity contribution in [1.82, 2.24) is 0 Å². The number of halogens is 2. The van der Waals surface area contributed by atoms with E-state index in [4.69, 9.17) is 27.9 Å². The Labute approximate surface area is 135 Å². The number of para-hydroxylation sites is 1. The van der Waals surface area contributed by atoms with Gasteiger partial charge in [-0.2, -0.15) is 0 Å². The molecule has 21 heavy (non-hydrogen) atoms. The number of fused-ring (bicyclic) bond motifs is 1. The van der Waals surface area contributed by atoms with Gasteiger partial charge in [0.05, 0.1) is 6.61 Å². The topological polar surface area (TPSA) is 9.23 Å². The largest absolute Gasteiger partial charge is 0.493 e. The van der Waals surface area contributed by atoms with Gasteiger partial charge in [0.25, 0.3) is 0 Å². The highest BCUT2D eigenvalue weighted by atomic mass is 35.5. The monoisotopic (exact) mass is 320 g/mol. The minimum atomic E-state index is -0.212. The Hall–Kier alpha value is -1.18. The van der Waals surface area contributed by atoms with Crippen LogP contribution in [0.1, 0.15) is 23.5 Å². The van der Waals surface area contributed by atoms with Gasteiger partial charge in [0.1, 0.15) is 5.75 Å². The lowest BCUT2D eigenvalue weighted by Crippen LogP contribution is -2.33. The molecule has 2 aromatic rings. The zero-order chi connectivity index (χ0) is 14.7. The van der Waals surface area contributed by atoms with Gasteiger partial charge >= 0.3 is 0 Å². The van der Waals surface area contributed by atoms with E-state index < -0.39 is 0 Å². The van der Waals surface area contributed by atoms with Crippen molar-refractivity contribution in [2.45, 2.75) is 17.8 Å². The minimum Gasteiger partial charge on any atom is -0.493 e. The summed E-state index contributed by atoms with van der Waals surface area (Å²) in [5.41, 5.74) is 2.27. The molecule has 1 aliphatic rings. The average molecular weight is 321 g/mol. The van der Waals surface area contributed by atoms with E-state index in [1.165, 1.54) is 11.1 Å². The number of benzene rings is 2. The van der Waals surface area contributed by atoms with E-state index in [2.05, 4.69) is 24.3 Å². The maximum atomic E-state index is 6.34. The van der Waals surface area contributed by atoms with Crippen LogP contribution < -0.4 is 4.74 Å². The van der Waals surface area contributed by atoms with E-state index in [-0.39, 0.29) is 5.41 Å². The first-order valence-corrected chi connectivity index (χ1v) is 8.25. The molecule has 0 bridgehead atoms. The van der Waals surface area contributed by atoms with Crippen molar-refractivity contribution in [2.24, 2.45) is 0 Å². The van der Waals surface area contributed by atoms with Crippen LogP contribution >= 0.6 is 23.2 Å². The van der Waals surface area contributed by atoms with Crippen LogP contribution in [0, 0.1) is 0 Å². The molecule has 1 nitrogen and oxygen atoms in total. The third-order valence-electron chi connectivity index (χ3n) is 4.33. The summed E-state index contributed by atoms with van der Waals surface area (Å²) in [6.45, 7) is 0.710. The molecule has 2 aromatic carbocycles. The number of rotatable bonds is 5. The third kappa shape index (κ3) is 2.77. The Morgan fingerprint density at radius 2 is 1.62 bits per heavy atom. The molecule has 0 amide bonds. The zero-order valence-corrected chi connectivity index (χ0v) is 13.3. The molecule has 0 saturated heterocycles. The maximum Gasteiger partial charge on any atom is 0.122 e. The van der Waals surface area contributed by atoms with Crippen molar-refractivity contribution in [2.75, 3.05) is 18.4 Å². The smallest absolute Gasteiger partial charge is 0.122 e. The van der Waals surface area contributed by atoms with Crippen LogP contribution in [0.5, 0.6) is 5.75 Å². The number of ether oxygens (including phenoxy) is 1. The van der Waals surface area contributed by atoms with Crippen LogP contribution in [0.25, 0.3) is 0 Å². The first-order valence-electron chi connectivity index (χ1n) is 7.18. The average Bonchev–Trinajstić information content (AvgIpc) is 2.96. The standard InChI is InChI=1S/C18H18Cl2O/c19-12-18(13-20,15-6-2-1-3-7-15)10-14-11-21-17-9-5-4-8-16(14)17/h1-9,14H,10-13H2. The molecule has 1 unspecified atom stereocenters. The van der Waals surface area contributed by atoms with Crippen molar-refractivity contribution in [3.8, 4) is 5.75 Å². The second-order valence-electron chi connectivity index (χ2n) is 5.66. The van der Waals surface area contributed by atoms with Gasteiger partial charge in [-0.05, 0) is 18.1 Å². The molecule has 3 heteroatoms. The van der Waals surface area contributed by atoms with Crippen molar-refractivity contribution in [3.05, 3.63) is 65.7 Å². The molecule has 0 N–H and O–H groups in total. The zero-order valence-electron chi connectivity index (χ0n) is 11.8. The molecule has 1 atom stereocenters. The summed E-state index contributed by atoms with van der Waals surface area (Å²) >= 11 is 12.7. The van der Waals surface area contributed by atoms with Gasteiger partial charge < -0.3 is 4.74 Å². The van der Waals surface area contributed by atoms with Gasteiger partial charge in [0, 0.05) is 28.7 Å². The van der Waals surface area contributed by atoms with Gasteiger partial charge in [-0.3, -0.25) is 0 Å². The molecular weight excluding hydrogens is 303 g/mol. The fraction of sp³-hybridized carbons (Fsp3) is 0.333. The van der Waals surface area contributed by atoms with Crippen molar-refractivity contribution < 1.29 is 4.74 Å². The van der Waals surface area contributed by atoms with Gasteiger partial charge in [-0.25, -0.2) is 0 Å². The maximum absolute atomic E-state index is 6.34. The SMILES string of the molecule is ClCC(CCl)(CC1COc2ccccc21)c1ccccc1. The summed E-state index contributed by atoms with van der Waals surface area (Å²) in [5, 5.41) is 0. The van der Waals surface area contributed by atoms with Gasteiger partial charge in [-0.15, -0.1) is 23.2 Å². The molecule has 1 aliphatic heterocycles. The number of alkyl halides is 2. The van der Waals surface area contributed by atoms with Crippen LogP contribution in [-0.2, 0) is 5.41 Å². The molecule has 0 fully saturated rings. The summed E-state index contributed by atoms with van der Waals surface area (Å²) < 4.78 is 5.80. The fourth-order valence-corrected chi connectivity index (χ4v) is 3.89. The van der Waals surface area contributed by atoms with E-state index >= 15 is 0 Å². The quantitative estimate of drug-likeness (QED) is 0.707. The number of hydrogen-bond donors (Lipinski definition) is 0. The first kappa shape index (κ1) is 14.7. The summed E-state index contributed by atoms with van der Waals surface area (Å²) in [5.74, 6) is 2.37. The Bertz CT molecular complexity index is 593. The van der Waals surface area contributed by atoms with Crippen LogP contribution in [0.15, 0.2) is 54.6 Å². The molecule has 3 rings (SSSR count). The van der Waals surface area contributed by atoms with Gasteiger partial charge in [0.15, 0.2) is 0 Å². The second kappa shape index (κ2) is 6.29. The Morgan fingerprint density at radius 1 is 0.952 bits per heavy atom. The van der Waals surface area contributed by atoms with E-state index in [0.29, 0.717) is 24.3 Å². The van der Waals surface area contributed by atoms with Crippen molar-refractivity contribution in [1.29, 1.82) is 0 Å². The van der Waals surface area contributed by atoms with E-state index in [1.807, 2.05) is 30.3 Å². The van der Waals surface area contributed by atoms with E-state index in [9.17, 15) is 0 Å².